The minimum absolute atomic E-state index is 0.0163. The number of ether oxygens (including phenoxy) is 1. The number of pyridine rings is 1. The molecule has 0 fully saturated rings. The lowest BCUT2D eigenvalue weighted by Gasteiger charge is -2.24. The van der Waals surface area contributed by atoms with E-state index in [1.54, 1.807) is 12.4 Å². The van der Waals surface area contributed by atoms with Crippen LogP contribution in [0.5, 0.6) is 0 Å². The van der Waals surface area contributed by atoms with Crippen molar-refractivity contribution in [3.05, 3.63) is 30.1 Å². The molecule has 0 saturated heterocycles. The maximum Gasteiger partial charge on any atom is 0.0974 e. The predicted molar refractivity (Wildman–Crippen MR) is 70.7 cm³/mol. The van der Waals surface area contributed by atoms with Crippen LogP contribution in [0.2, 0.25) is 0 Å². The van der Waals surface area contributed by atoms with Crippen LogP contribution in [0, 0.1) is 5.41 Å². The largest absolute Gasteiger partial charge is 0.372 e. The summed E-state index contributed by atoms with van der Waals surface area (Å²) in [4.78, 5) is 4.01. The van der Waals surface area contributed by atoms with E-state index < -0.39 is 0 Å². The van der Waals surface area contributed by atoms with Crippen molar-refractivity contribution in [1.29, 1.82) is 0 Å². The van der Waals surface area contributed by atoms with Crippen molar-refractivity contribution in [2.45, 2.75) is 46.3 Å². The molecule has 1 aromatic heterocycles. The topological polar surface area (TPSA) is 48.1 Å². The first-order valence-electron chi connectivity index (χ1n) is 6.17. The Morgan fingerprint density at radius 3 is 2.35 bits per heavy atom. The summed E-state index contributed by atoms with van der Waals surface area (Å²) in [7, 11) is 0. The van der Waals surface area contributed by atoms with Gasteiger partial charge >= 0.3 is 0 Å². The highest BCUT2D eigenvalue weighted by atomic mass is 16.5. The second-order valence-electron chi connectivity index (χ2n) is 5.74. The summed E-state index contributed by atoms with van der Waals surface area (Å²) in [5.74, 6) is 0. The van der Waals surface area contributed by atoms with Gasteiger partial charge in [-0.05, 0) is 36.5 Å². The molecule has 1 heterocycles. The van der Waals surface area contributed by atoms with Gasteiger partial charge in [0.05, 0.1) is 6.10 Å². The van der Waals surface area contributed by atoms with Crippen LogP contribution in [-0.2, 0) is 4.74 Å². The Kier molecular flexibility index (Phi) is 5.09. The van der Waals surface area contributed by atoms with Gasteiger partial charge in [-0.3, -0.25) is 4.98 Å². The molecule has 0 spiro atoms. The molecular formula is C14H24N2O. The lowest BCUT2D eigenvalue weighted by atomic mass is 9.93. The molecular weight excluding hydrogens is 212 g/mol. The van der Waals surface area contributed by atoms with Gasteiger partial charge in [0.25, 0.3) is 0 Å². The van der Waals surface area contributed by atoms with Gasteiger partial charge in [0.1, 0.15) is 0 Å². The van der Waals surface area contributed by atoms with Gasteiger partial charge in [0, 0.05) is 25.0 Å². The van der Waals surface area contributed by atoms with Crippen LogP contribution in [0.4, 0.5) is 0 Å². The maximum absolute atomic E-state index is 5.97. The number of hydrogen-bond donors (Lipinski definition) is 1. The summed E-state index contributed by atoms with van der Waals surface area (Å²) >= 11 is 0. The van der Waals surface area contributed by atoms with Crippen LogP contribution in [0.3, 0.4) is 0 Å². The number of rotatable bonds is 5. The zero-order valence-corrected chi connectivity index (χ0v) is 11.3. The van der Waals surface area contributed by atoms with E-state index in [0.29, 0.717) is 5.41 Å². The van der Waals surface area contributed by atoms with E-state index in [0.717, 1.165) is 18.6 Å². The SMILES string of the molecule is CC(N)C(OCCC(C)(C)C)c1ccncc1. The molecule has 0 amide bonds. The third kappa shape index (κ3) is 5.29. The molecule has 0 radical (unpaired) electrons. The third-order valence-corrected chi connectivity index (χ3v) is 2.66. The van der Waals surface area contributed by atoms with Gasteiger partial charge in [-0.1, -0.05) is 20.8 Å². The van der Waals surface area contributed by atoms with Crippen LogP contribution in [0.1, 0.15) is 45.8 Å². The Hall–Kier alpha value is -0.930. The minimum atomic E-state index is -0.0413. The summed E-state index contributed by atoms with van der Waals surface area (Å²) in [6.45, 7) is 9.34. The van der Waals surface area contributed by atoms with E-state index in [2.05, 4.69) is 25.8 Å². The highest BCUT2D eigenvalue weighted by molar-refractivity contribution is 5.14. The standard InChI is InChI=1S/C14H24N2O/c1-11(15)13(12-5-8-16-9-6-12)17-10-7-14(2,3)4/h5-6,8-9,11,13H,7,10,15H2,1-4H3. The van der Waals surface area contributed by atoms with Crippen LogP contribution >= 0.6 is 0 Å². The molecule has 0 saturated carbocycles. The van der Waals surface area contributed by atoms with E-state index in [1.165, 1.54) is 0 Å². The van der Waals surface area contributed by atoms with Crippen molar-refractivity contribution in [3.8, 4) is 0 Å². The second-order valence-corrected chi connectivity index (χ2v) is 5.74. The fourth-order valence-electron chi connectivity index (χ4n) is 1.60. The molecule has 96 valence electrons. The van der Waals surface area contributed by atoms with Gasteiger partial charge in [0.15, 0.2) is 0 Å². The zero-order chi connectivity index (χ0) is 12.9. The van der Waals surface area contributed by atoms with Crippen molar-refractivity contribution in [3.63, 3.8) is 0 Å². The number of nitrogens with two attached hydrogens (primary N) is 1. The molecule has 17 heavy (non-hydrogen) atoms. The molecule has 0 aliphatic carbocycles. The fourth-order valence-corrected chi connectivity index (χ4v) is 1.60. The number of nitrogens with zero attached hydrogens (tertiary/aromatic N) is 1. The molecule has 2 atom stereocenters. The summed E-state index contributed by atoms with van der Waals surface area (Å²) in [5.41, 5.74) is 7.37. The number of aromatic nitrogens is 1. The first kappa shape index (κ1) is 14.1. The van der Waals surface area contributed by atoms with Gasteiger partial charge in [0.2, 0.25) is 0 Å². The zero-order valence-electron chi connectivity index (χ0n) is 11.3. The molecule has 0 aliphatic heterocycles. The molecule has 0 aliphatic rings. The maximum atomic E-state index is 5.97. The molecule has 1 rings (SSSR count). The first-order valence-corrected chi connectivity index (χ1v) is 6.17. The van der Waals surface area contributed by atoms with Gasteiger partial charge in [-0.25, -0.2) is 0 Å². The van der Waals surface area contributed by atoms with Crippen molar-refractivity contribution in [2.75, 3.05) is 6.61 Å². The van der Waals surface area contributed by atoms with E-state index in [1.807, 2.05) is 19.1 Å². The molecule has 3 nitrogen and oxygen atoms in total. The average molecular weight is 236 g/mol. The van der Waals surface area contributed by atoms with E-state index in [9.17, 15) is 0 Å². The molecule has 2 N–H and O–H groups in total. The summed E-state index contributed by atoms with van der Waals surface area (Å²) < 4.78 is 5.91. The average Bonchev–Trinajstić information content (AvgIpc) is 2.23. The Balaban J connectivity index is 2.57. The Morgan fingerprint density at radius 1 is 1.29 bits per heavy atom. The van der Waals surface area contributed by atoms with Gasteiger partial charge in [-0.2, -0.15) is 0 Å². The van der Waals surface area contributed by atoms with E-state index in [-0.39, 0.29) is 12.1 Å². The van der Waals surface area contributed by atoms with Crippen molar-refractivity contribution in [1.82, 2.24) is 4.98 Å². The lowest BCUT2D eigenvalue weighted by molar-refractivity contribution is 0.0241. The quantitative estimate of drug-likeness (QED) is 0.855. The highest BCUT2D eigenvalue weighted by Gasteiger charge is 2.18. The first-order chi connectivity index (χ1) is 7.90. The monoisotopic (exact) mass is 236 g/mol. The van der Waals surface area contributed by atoms with Crippen molar-refractivity contribution >= 4 is 0 Å². The van der Waals surface area contributed by atoms with E-state index >= 15 is 0 Å². The van der Waals surface area contributed by atoms with Crippen LogP contribution in [0.15, 0.2) is 24.5 Å². The van der Waals surface area contributed by atoms with Crippen LogP contribution < -0.4 is 5.73 Å². The normalized spacial score (nSPS) is 15.6. The van der Waals surface area contributed by atoms with Gasteiger partial charge < -0.3 is 10.5 Å². The summed E-state index contributed by atoms with van der Waals surface area (Å²) in [5, 5.41) is 0. The Bertz CT molecular complexity index is 317. The van der Waals surface area contributed by atoms with Crippen LogP contribution in [-0.4, -0.2) is 17.6 Å². The van der Waals surface area contributed by atoms with Gasteiger partial charge in [-0.15, -0.1) is 0 Å². The highest BCUT2D eigenvalue weighted by Crippen LogP contribution is 2.23. The molecule has 1 aromatic rings. The predicted octanol–water partition coefficient (Wildman–Crippen LogP) is 2.92. The summed E-state index contributed by atoms with van der Waals surface area (Å²) in [6.07, 6.45) is 4.54. The second kappa shape index (κ2) is 6.12. The van der Waals surface area contributed by atoms with Crippen molar-refractivity contribution in [2.24, 2.45) is 11.1 Å². The smallest absolute Gasteiger partial charge is 0.0974 e. The molecule has 0 bridgehead atoms. The summed E-state index contributed by atoms with van der Waals surface area (Å²) in [6, 6.07) is 3.91. The van der Waals surface area contributed by atoms with Crippen molar-refractivity contribution < 1.29 is 4.74 Å². The Morgan fingerprint density at radius 2 is 1.88 bits per heavy atom. The Labute approximate surface area is 104 Å². The third-order valence-electron chi connectivity index (χ3n) is 2.66. The fraction of sp³-hybridized carbons (Fsp3) is 0.643. The molecule has 2 unspecified atom stereocenters. The molecule has 0 aromatic carbocycles. The van der Waals surface area contributed by atoms with E-state index in [4.69, 9.17) is 10.5 Å². The number of hydrogen-bond acceptors (Lipinski definition) is 3. The van der Waals surface area contributed by atoms with Crippen LogP contribution in [0.25, 0.3) is 0 Å². The molecule has 3 heteroatoms. The lowest BCUT2D eigenvalue weighted by Crippen LogP contribution is -2.28. The minimum Gasteiger partial charge on any atom is -0.372 e.